The maximum atomic E-state index is 4.29. The van der Waals surface area contributed by atoms with E-state index in [1.165, 1.54) is 27.8 Å². The molecule has 0 saturated heterocycles. The molecule has 3 aromatic rings. The van der Waals surface area contributed by atoms with Crippen LogP contribution in [0.4, 0.5) is 5.69 Å². The van der Waals surface area contributed by atoms with Gasteiger partial charge in [-0.15, -0.1) is 11.3 Å². The average Bonchev–Trinajstić information content (AvgIpc) is 3.04. The van der Waals surface area contributed by atoms with Gasteiger partial charge in [0.05, 0.1) is 17.7 Å². The van der Waals surface area contributed by atoms with Gasteiger partial charge in [-0.3, -0.25) is 0 Å². The van der Waals surface area contributed by atoms with Crippen LogP contribution >= 0.6 is 11.3 Å². The number of benzene rings is 1. The van der Waals surface area contributed by atoms with Crippen LogP contribution in [0.1, 0.15) is 23.9 Å². The molecule has 1 aromatic carbocycles. The fourth-order valence-electron chi connectivity index (χ4n) is 2.25. The molecule has 2 N–H and O–H groups in total. The highest BCUT2D eigenvalue weighted by Gasteiger charge is 2.05. The topological polar surface area (TPSA) is 40.7 Å². The summed E-state index contributed by atoms with van der Waals surface area (Å²) >= 11 is 1.63. The van der Waals surface area contributed by atoms with Crippen molar-refractivity contribution in [3.8, 4) is 0 Å². The number of anilines is 1. The highest BCUT2D eigenvalue weighted by molar-refractivity contribution is 7.07. The molecular formula is C15H17N3S. The molecule has 0 amide bonds. The maximum Gasteiger partial charge on any atom is 0.0795 e. The number of fused-ring (bicyclic) bond motifs is 1. The quantitative estimate of drug-likeness (QED) is 0.749. The summed E-state index contributed by atoms with van der Waals surface area (Å²) in [5.74, 6) is 0. The van der Waals surface area contributed by atoms with Crippen molar-refractivity contribution >= 4 is 27.9 Å². The largest absolute Gasteiger partial charge is 0.379 e. The van der Waals surface area contributed by atoms with Crippen molar-refractivity contribution in [3.05, 3.63) is 46.0 Å². The zero-order chi connectivity index (χ0) is 13.2. The molecule has 0 unspecified atom stereocenters. The smallest absolute Gasteiger partial charge is 0.0795 e. The van der Waals surface area contributed by atoms with Gasteiger partial charge in [0.2, 0.25) is 0 Å². The molecule has 2 aromatic heterocycles. The van der Waals surface area contributed by atoms with Crippen molar-refractivity contribution < 1.29 is 0 Å². The Bertz CT molecular complexity index is 683. The number of rotatable bonds is 4. The minimum absolute atomic E-state index is 0.775. The molecule has 2 heterocycles. The first-order chi connectivity index (χ1) is 9.26. The van der Waals surface area contributed by atoms with E-state index in [4.69, 9.17) is 0 Å². The number of aryl methyl sites for hydroxylation is 2. The SMILES string of the molecule is CCc1cc2cc(C)c(NCc3cscn3)cc2[nH]1. The normalized spacial score (nSPS) is 11.1. The van der Waals surface area contributed by atoms with Crippen molar-refractivity contribution in [2.45, 2.75) is 26.8 Å². The van der Waals surface area contributed by atoms with Gasteiger partial charge < -0.3 is 10.3 Å². The lowest BCUT2D eigenvalue weighted by Gasteiger charge is -2.08. The van der Waals surface area contributed by atoms with E-state index in [2.05, 4.69) is 52.7 Å². The Morgan fingerprint density at radius 1 is 1.32 bits per heavy atom. The molecule has 0 aliphatic carbocycles. The van der Waals surface area contributed by atoms with Crippen molar-refractivity contribution in [2.24, 2.45) is 0 Å². The number of thiazole rings is 1. The van der Waals surface area contributed by atoms with Crippen LogP contribution in [0, 0.1) is 6.92 Å². The number of aromatic nitrogens is 2. The summed E-state index contributed by atoms with van der Waals surface area (Å²) in [5, 5.41) is 6.82. The summed E-state index contributed by atoms with van der Waals surface area (Å²) in [6.45, 7) is 5.08. The highest BCUT2D eigenvalue weighted by atomic mass is 32.1. The zero-order valence-electron chi connectivity index (χ0n) is 11.2. The van der Waals surface area contributed by atoms with Gasteiger partial charge in [-0.05, 0) is 37.1 Å². The second kappa shape index (κ2) is 5.05. The Labute approximate surface area is 116 Å². The number of hydrogen-bond acceptors (Lipinski definition) is 3. The molecule has 98 valence electrons. The molecule has 0 fully saturated rings. The van der Waals surface area contributed by atoms with Crippen molar-refractivity contribution in [3.63, 3.8) is 0 Å². The summed E-state index contributed by atoms with van der Waals surface area (Å²) < 4.78 is 0. The van der Waals surface area contributed by atoms with Crippen LogP contribution in [0.25, 0.3) is 10.9 Å². The Morgan fingerprint density at radius 3 is 2.95 bits per heavy atom. The van der Waals surface area contributed by atoms with Crippen molar-refractivity contribution in [1.82, 2.24) is 9.97 Å². The number of nitrogens with zero attached hydrogens (tertiary/aromatic N) is 1. The van der Waals surface area contributed by atoms with E-state index in [0.29, 0.717) is 0 Å². The van der Waals surface area contributed by atoms with Gasteiger partial charge in [-0.2, -0.15) is 0 Å². The molecule has 0 radical (unpaired) electrons. The monoisotopic (exact) mass is 271 g/mol. The Kier molecular flexibility index (Phi) is 3.25. The second-order valence-corrected chi connectivity index (χ2v) is 5.45. The summed E-state index contributed by atoms with van der Waals surface area (Å²) in [4.78, 5) is 7.74. The van der Waals surface area contributed by atoms with E-state index >= 15 is 0 Å². The molecule has 3 nitrogen and oxygen atoms in total. The van der Waals surface area contributed by atoms with Crippen LogP contribution in [0.2, 0.25) is 0 Å². The van der Waals surface area contributed by atoms with Crippen LogP contribution in [0.3, 0.4) is 0 Å². The summed E-state index contributed by atoms with van der Waals surface area (Å²) in [6, 6.07) is 6.65. The Hall–Kier alpha value is -1.81. The van der Waals surface area contributed by atoms with Crippen LogP contribution < -0.4 is 5.32 Å². The molecule has 0 atom stereocenters. The molecule has 0 spiro atoms. The average molecular weight is 271 g/mol. The lowest BCUT2D eigenvalue weighted by molar-refractivity contribution is 1.07. The van der Waals surface area contributed by atoms with E-state index in [1.807, 2.05) is 5.51 Å². The van der Waals surface area contributed by atoms with E-state index in [9.17, 15) is 0 Å². The molecule has 0 bridgehead atoms. The third kappa shape index (κ3) is 2.49. The van der Waals surface area contributed by atoms with Gasteiger partial charge in [-0.1, -0.05) is 6.92 Å². The van der Waals surface area contributed by atoms with Crippen LogP contribution in [-0.4, -0.2) is 9.97 Å². The standard InChI is InChI=1S/C15H17N3S/c1-3-12-5-11-4-10(2)14(6-15(11)18-12)16-7-13-8-19-9-17-13/h4-6,8-9,16,18H,3,7H2,1-2H3. The lowest BCUT2D eigenvalue weighted by Crippen LogP contribution is -2.01. The van der Waals surface area contributed by atoms with Crippen LogP contribution in [-0.2, 0) is 13.0 Å². The molecular weight excluding hydrogens is 254 g/mol. The molecule has 0 saturated carbocycles. The predicted molar refractivity (Wildman–Crippen MR) is 81.9 cm³/mol. The number of nitrogens with one attached hydrogen (secondary N) is 2. The van der Waals surface area contributed by atoms with Gasteiger partial charge in [0.1, 0.15) is 0 Å². The summed E-state index contributed by atoms with van der Waals surface area (Å²) in [5.41, 5.74) is 7.87. The third-order valence-corrected chi connectivity index (χ3v) is 3.98. The van der Waals surface area contributed by atoms with E-state index in [1.54, 1.807) is 11.3 Å². The molecule has 4 heteroatoms. The number of hydrogen-bond donors (Lipinski definition) is 2. The van der Waals surface area contributed by atoms with E-state index in [0.717, 1.165) is 18.7 Å². The number of H-pyrrole nitrogens is 1. The van der Waals surface area contributed by atoms with Gasteiger partial charge >= 0.3 is 0 Å². The Morgan fingerprint density at radius 2 is 2.21 bits per heavy atom. The van der Waals surface area contributed by atoms with E-state index in [-0.39, 0.29) is 0 Å². The molecule has 3 rings (SSSR count). The lowest BCUT2D eigenvalue weighted by atomic mass is 10.1. The van der Waals surface area contributed by atoms with Crippen LogP contribution in [0.5, 0.6) is 0 Å². The van der Waals surface area contributed by atoms with Crippen molar-refractivity contribution in [2.75, 3.05) is 5.32 Å². The van der Waals surface area contributed by atoms with E-state index < -0.39 is 0 Å². The molecule has 0 aliphatic rings. The third-order valence-electron chi connectivity index (χ3n) is 3.35. The van der Waals surface area contributed by atoms with Crippen LogP contribution in [0.15, 0.2) is 29.1 Å². The first kappa shape index (κ1) is 12.2. The second-order valence-electron chi connectivity index (χ2n) is 4.74. The summed E-state index contributed by atoms with van der Waals surface area (Å²) in [6.07, 6.45) is 1.04. The molecule has 19 heavy (non-hydrogen) atoms. The first-order valence-corrected chi connectivity index (χ1v) is 7.43. The zero-order valence-corrected chi connectivity index (χ0v) is 12.0. The van der Waals surface area contributed by atoms with Gasteiger partial charge in [0.25, 0.3) is 0 Å². The van der Waals surface area contributed by atoms with Gasteiger partial charge in [-0.25, -0.2) is 4.98 Å². The molecule has 0 aliphatic heterocycles. The van der Waals surface area contributed by atoms with Crippen molar-refractivity contribution in [1.29, 1.82) is 0 Å². The maximum absolute atomic E-state index is 4.29. The minimum Gasteiger partial charge on any atom is -0.379 e. The van der Waals surface area contributed by atoms with Gasteiger partial charge in [0, 0.05) is 27.7 Å². The number of aromatic amines is 1. The highest BCUT2D eigenvalue weighted by Crippen LogP contribution is 2.24. The first-order valence-electron chi connectivity index (χ1n) is 6.49. The fourth-order valence-corrected chi connectivity index (χ4v) is 2.80. The van der Waals surface area contributed by atoms with Gasteiger partial charge in [0.15, 0.2) is 0 Å². The fraction of sp³-hybridized carbons (Fsp3) is 0.267. The summed E-state index contributed by atoms with van der Waals surface area (Å²) in [7, 11) is 0. The Balaban J connectivity index is 1.88. The minimum atomic E-state index is 0.775. The predicted octanol–water partition coefficient (Wildman–Crippen LogP) is 4.11.